The van der Waals surface area contributed by atoms with Crippen LogP contribution in [0.25, 0.3) is 33.4 Å². The SMILES string of the molecule is c1ccc(-c2ccc(N3C[N+](c4ccc(-c5ccccc5)cc4)=NC(c4ccc(-c5ccc(C6NSNC(c7ccccc7)N6)cc5)cc4)=N3)cc2)cc1. The second-order valence-electron chi connectivity index (χ2n) is 13.3. The first-order chi connectivity index (χ1) is 26.7. The molecule has 7 aromatic carbocycles. The molecule has 8 heteroatoms. The van der Waals surface area contributed by atoms with Crippen molar-refractivity contribution in [3.05, 3.63) is 205 Å². The molecule has 0 bridgehead atoms. The van der Waals surface area contributed by atoms with Crippen LogP contribution in [0.5, 0.6) is 0 Å². The maximum Gasteiger partial charge on any atom is 0.269 e. The first kappa shape index (κ1) is 33.7. The third-order valence-electron chi connectivity index (χ3n) is 9.78. The number of hydrazone groups is 1. The van der Waals surface area contributed by atoms with Crippen LogP contribution in [-0.2, 0) is 0 Å². The van der Waals surface area contributed by atoms with Gasteiger partial charge in [0.2, 0.25) is 11.5 Å². The highest BCUT2D eigenvalue weighted by Crippen LogP contribution is 2.30. The van der Waals surface area contributed by atoms with Crippen LogP contribution in [0.15, 0.2) is 198 Å². The molecule has 9 rings (SSSR count). The van der Waals surface area contributed by atoms with Crippen molar-refractivity contribution in [3.63, 3.8) is 0 Å². The zero-order valence-electron chi connectivity index (χ0n) is 29.5. The Bertz CT molecular complexity index is 2380. The Balaban J connectivity index is 0.974. The lowest BCUT2D eigenvalue weighted by molar-refractivity contribution is -0.508. The van der Waals surface area contributed by atoms with E-state index in [9.17, 15) is 0 Å². The van der Waals surface area contributed by atoms with Crippen molar-refractivity contribution in [1.29, 1.82) is 0 Å². The highest BCUT2D eigenvalue weighted by Gasteiger charge is 2.27. The van der Waals surface area contributed by atoms with Gasteiger partial charge in [-0.05, 0) is 68.8 Å². The average molecular weight is 721 g/mol. The first-order valence-electron chi connectivity index (χ1n) is 18.1. The Morgan fingerprint density at radius 1 is 0.463 bits per heavy atom. The van der Waals surface area contributed by atoms with Crippen LogP contribution in [0.4, 0.5) is 11.4 Å². The molecule has 7 nitrogen and oxygen atoms in total. The standard InChI is InChI=1S/C46H38N7S/c1-4-10-33(11-5-1)37-24-28-42(29-25-37)52-32-53(43-30-26-38(27-31-43)34-12-6-2-7-13-34)49-46(48-52)41-22-18-36(19-23-41)35-16-20-40(21-17-35)45-47-44(50-54-51-45)39-14-8-3-9-15-39/h1-31,44-45,47,50-51H,32H2/q+1. The normalized spacial score (nSPS) is 17.1. The first-order valence-corrected chi connectivity index (χ1v) is 18.9. The Hall–Kier alpha value is -6.16. The molecule has 1 saturated heterocycles. The molecule has 1 fully saturated rings. The maximum atomic E-state index is 5.08. The molecule has 3 N–H and O–H groups in total. The molecule has 0 radical (unpaired) electrons. The predicted octanol–water partition coefficient (Wildman–Crippen LogP) is 10.7. The molecule has 2 heterocycles. The molecule has 54 heavy (non-hydrogen) atoms. The van der Waals surface area contributed by atoms with Gasteiger partial charge >= 0.3 is 0 Å². The van der Waals surface area contributed by atoms with Gasteiger partial charge in [0.1, 0.15) is 0 Å². The Labute approximate surface area is 320 Å². The Morgan fingerprint density at radius 2 is 0.889 bits per heavy atom. The van der Waals surface area contributed by atoms with Crippen molar-refractivity contribution < 1.29 is 4.70 Å². The summed E-state index contributed by atoms with van der Waals surface area (Å²) in [5.41, 5.74) is 12.3. The fourth-order valence-electron chi connectivity index (χ4n) is 6.79. The zero-order valence-corrected chi connectivity index (χ0v) is 30.3. The van der Waals surface area contributed by atoms with Crippen LogP contribution in [-0.4, -0.2) is 17.2 Å². The summed E-state index contributed by atoms with van der Waals surface area (Å²) in [6, 6.07) is 65.7. The Morgan fingerprint density at radius 3 is 1.44 bits per heavy atom. The topological polar surface area (TPSA) is 67.1 Å². The number of benzene rings is 7. The van der Waals surface area contributed by atoms with Crippen molar-refractivity contribution in [2.75, 3.05) is 11.7 Å². The second-order valence-corrected chi connectivity index (χ2v) is 13.9. The van der Waals surface area contributed by atoms with Crippen molar-refractivity contribution in [2.24, 2.45) is 10.2 Å². The molecule has 0 aromatic heterocycles. The predicted molar refractivity (Wildman–Crippen MR) is 221 cm³/mol. The van der Waals surface area contributed by atoms with E-state index in [0.717, 1.165) is 28.1 Å². The minimum Gasteiger partial charge on any atom is -0.277 e. The fraction of sp³-hybridized carbons (Fsp3) is 0.0652. The zero-order chi connectivity index (χ0) is 36.1. The smallest absolute Gasteiger partial charge is 0.269 e. The Kier molecular flexibility index (Phi) is 9.63. The average Bonchev–Trinajstić information content (AvgIpc) is 3.27. The molecule has 0 aliphatic carbocycles. The molecule has 0 amide bonds. The van der Waals surface area contributed by atoms with Gasteiger partial charge in [-0.2, -0.15) is 0 Å². The fourth-order valence-corrected chi connectivity index (χ4v) is 7.50. The lowest BCUT2D eigenvalue weighted by atomic mass is 10.0. The number of nitrogens with zero attached hydrogens (tertiary/aromatic N) is 4. The monoisotopic (exact) mass is 720 g/mol. The van der Waals surface area contributed by atoms with E-state index in [0.29, 0.717) is 12.5 Å². The molecule has 2 aliphatic heterocycles. The van der Waals surface area contributed by atoms with Crippen molar-refractivity contribution >= 4 is 29.3 Å². The van der Waals surface area contributed by atoms with Gasteiger partial charge in [-0.15, -0.1) is 5.10 Å². The molecule has 0 spiro atoms. The maximum absolute atomic E-state index is 5.08. The van der Waals surface area contributed by atoms with E-state index in [-0.39, 0.29) is 12.3 Å². The second kappa shape index (κ2) is 15.4. The molecule has 2 unspecified atom stereocenters. The van der Waals surface area contributed by atoms with Gasteiger partial charge in [0.25, 0.3) is 6.67 Å². The number of hydrogen-bond acceptors (Lipinski definition) is 7. The van der Waals surface area contributed by atoms with E-state index in [1.165, 1.54) is 45.5 Å². The summed E-state index contributed by atoms with van der Waals surface area (Å²) in [7, 11) is 0. The van der Waals surface area contributed by atoms with Crippen molar-refractivity contribution in [3.8, 4) is 33.4 Å². The van der Waals surface area contributed by atoms with Gasteiger partial charge in [0, 0.05) is 34.9 Å². The summed E-state index contributed by atoms with van der Waals surface area (Å²) in [4.78, 5) is 0. The highest BCUT2D eigenvalue weighted by atomic mass is 32.2. The lowest BCUT2D eigenvalue weighted by Crippen LogP contribution is -2.45. The summed E-state index contributed by atoms with van der Waals surface area (Å²) in [5.74, 6) is 0.649. The number of azo groups is 2. The summed E-state index contributed by atoms with van der Waals surface area (Å²) in [5, 5.41) is 15.9. The van der Waals surface area contributed by atoms with E-state index < -0.39 is 0 Å². The quantitative estimate of drug-likeness (QED) is 0.108. The van der Waals surface area contributed by atoms with Gasteiger partial charge in [0.15, 0.2) is 0 Å². The van der Waals surface area contributed by atoms with Gasteiger partial charge in [0.05, 0.1) is 18.0 Å². The molecule has 7 aromatic rings. The molecule has 2 aliphatic rings. The lowest BCUT2D eigenvalue weighted by Gasteiger charge is -2.32. The van der Waals surface area contributed by atoms with Crippen LogP contribution in [0.1, 0.15) is 29.0 Å². The van der Waals surface area contributed by atoms with Gasteiger partial charge < -0.3 is 0 Å². The number of nitrogens with one attached hydrogen (secondary N) is 3. The van der Waals surface area contributed by atoms with E-state index >= 15 is 0 Å². The highest BCUT2D eigenvalue weighted by molar-refractivity contribution is 7.95. The molecule has 2 atom stereocenters. The van der Waals surface area contributed by atoms with Gasteiger partial charge in [-0.3, -0.25) is 5.32 Å². The van der Waals surface area contributed by atoms with Crippen LogP contribution < -0.4 is 19.8 Å². The van der Waals surface area contributed by atoms with Crippen molar-refractivity contribution in [2.45, 2.75) is 12.3 Å². The third kappa shape index (κ3) is 7.37. The number of anilines is 1. The van der Waals surface area contributed by atoms with E-state index in [4.69, 9.17) is 10.2 Å². The summed E-state index contributed by atoms with van der Waals surface area (Å²) in [6.45, 7) is 0.481. The van der Waals surface area contributed by atoms with Crippen LogP contribution in [0.3, 0.4) is 0 Å². The third-order valence-corrected chi connectivity index (χ3v) is 10.5. The summed E-state index contributed by atoms with van der Waals surface area (Å²) >= 11 is 1.52. The number of rotatable bonds is 8. The van der Waals surface area contributed by atoms with E-state index in [2.05, 4.69) is 185 Å². The van der Waals surface area contributed by atoms with Gasteiger partial charge in [-0.25, -0.2) is 14.5 Å². The summed E-state index contributed by atoms with van der Waals surface area (Å²) in [6.07, 6.45) is 0.0655. The largest absolute Gasteiger partial charge is 0.277 e. The van der Waals surface area contributed by atoms with Crippen LogP contribution >= 0.6 is 12.1 Å². The van der Waals surface area contributed by atoms with Crippen LogP contribution in [0, 0.1) is 0 Å². The number of amidine groups is 1. The van der Waals surface area contributed by atoms with Gasteiger partial charge in [-0.1, -0.05) is 156 Å². The number of hydrogen-bond donors (Lipinski definition) is 3. The molecule has 262 valence electrons. The van der Waals surface area contributed by atoms with E-state index in [1.54, 1.807) is 0 Å². The molecule has 0 saturated carbocycles. The molecular formula is C46H38N7S+. The van der Waals surface area contributed by atoms with Crippen molar-refractivity contribution in [1.82, 2.24) is 14.8 Å². The summed E-state index contributed by atoms with van der Waals surface area (Å²) < 4.78 is 8.89. The van der Waals surface area contributed by atoms with Crippen LogP contribution in [0.2, 0.25) is 0 Å². The minimum absolute atomic E-state index is 0.0128. The van der Waals surface area contributed by atoms with E-state index in [1.807, 2.05) is 27.9 Å². The minimum atomic E-state index is 0.0128. The molecular weight excluding hydrogens is 683 g/mol.